The molecule has 0 spiro atoms. The average molecular weight is 271 g/mol. The van der Waals surface area contributed by atoms with Crippen molar-refractivity contribution in [3.05, 3.63) is 72.3 Å². The summed E-state index contributed by atoms with van der Waals surface area (Å²) < 4.78 is 14.1. The average Bonchev–Trinajstić information content (AvgIpc) is 2.46. The zero-order valence-corrected chi connectivity index (χ0v) is 12.0. The smallest absolute Gasteiger partial charge is 0.152 e. The maximum absolute atomic E-state index is 12.4. The summed E-state index contributed by atoms with van der Waals surface area (Å²) in [6.07, 6.45) is 0. The standard InChI is InChI=1S/C16H17NOS/c1-13-9-11-16(12-10-13)19(18)17(3)14(2)15-7-5-4-6-8-15/h4-12H,2H2,1,3H3/t19-/m0/s1. The first-order chi connectivity index (χ1) is 9.09. The van der Waals surface area contributed by atoms with Crippen LogP contribution < -0.4 is 0 Å². The summed E-state index contributed by atoms with van der Waals surface area (Å²) in [6, 6.07) is 17.5. The molecule has 19 heavy (non-hydrogen) atoms. The summed E-state index contributed by atoms with van der Waals surface area (Å²) in [4.78, 5) is 0.783. The second-order valence-corrected chi connectivity index (χ2v) is 5.89. The molecule has 2 aromatic carbocycles. The van der Waals surface area contributed by atoms with Crippen LogP contribution >= 0.6 is 0 Å². The van der Waals surface area contributed by atoms with Crippen LogP contribution in [0.25, 0.3) is 5.70 Å². The van der Waals surface area contributed by atoms with Gasteiger partial charge in [-0.25, -0.2) is 4.21 Å². The van der Waals surface area contributed by atoms with Crippen LogP contribution in [0.15, 0.2) is 66.1 Å². The highest BCUT2D eigenvalue weighted by Crippen LogP contribution is 2.20. The minimum Gasteiger partial charge on any atom is -0.291 e. The molecule has 2 rings (SSSR count). The molecule has 0 amide bonds. The molecule has 0 aromatic heterocycles. The fourth-order valence-electron chi connectivity index (χ4n) is 1.73. The largest absolute Gasteiger partial charge is 0.291 e. The number of rotatable bonds is 4. The molecule has 0 radical (unpaired) electrons. The fourth-order valence-corrected chi connectivity index (χ4v) is 2.72. The molecule has 98 valence electrons. The molecule has 2 nitrogen and oxygen atoms in total. The van der Waals surface area contributed by atoms with Crippen LogP contribution in [0.3, 0.4) is 0 Å². The van der Waals surface area contributed by atoms with Gasteiger partial charge in [-0.3, -0.25) is 4.31 Å². The van der Waals surface area contributed by atoms with Crippen LogP contribution in [0.5, 0.6) is 0 Å². The Hall–Kier alpha value is -1.87. The molecule has 0 fully saturated rings. The summed E-state index contributed by atoms with van der Waals surface area (Å²) in [5, 5.41) is 0. The summed E-state index contributed by atoms with van der Waals surface area (Å²) in [5.74, 6) is 0. The van der Waals surface area contributed by atoms with Crippen LogP contribution in [0.4, 0.5) is 0 Å². The molecule has 0 bridgehead atoms. The summed E-state index contributed by atoms with van der Waals surface area (Å²) in [6.45, 7) is 6.04. The van der Waals surface area contributed by atoms with E-state index in [0.29, 0.717) is 0 Å². The zero-order valence-electron chi connectivity index (χ0n) is 11.2. The number of benzene rings is 2. The maximum atomic E-state index is 12.4. The Balaban J connectivity index is 2.20. The molecule has 0 aliphatic rings. The highest BCUT2D eigenvalue weighted by molar-refractivity contribution is 7.83. The van der Waals surface area contributed by atoms with Gasteiger partial charge < -0.3 is 0 Å². The number of hydrogen-bond donors (Lipinski definition) is 0. The molecule has 0 N–H and O–H groups in total. The quantitative estimate of drug-likeness (QED) is 0.831. The molecule has 2 aromatic rings. The molecular formula is C16H17NOS. The lowest BCUT2D eigenvalue weighted by Gasteiger charge is -2.20. The highest BCUT2D eigenvalue weighted by atomic mass is 32.2. The fraction of sp³-hybridized carbons (Fsp3) is 0.125. The predicted octanol–water partition coefficient (Wildman–Crippen LogP) is 3.62. The molecule has 0 unspecified atom stereocenters. The van der Waals surface area contributed by atoms with E-state index in [-0.39, 0.29) is 0 Å². The third-order valence-electron chi connectivity index (χ3n) is 2.96. The van der Waals surface area contributed by atoms with Crippen molar-refractivity contribution in [3.8, 4) is 0 Å². The molecule has 0 aliphatic heterocycles. The Morgan fingerprint density at radius 3 is 2.21 bits per heavy atom. The van der Waals surface area contributed by atoms with E-state index in [1.807, 2.05) is 61.5 Å². The first kappa shape index (κ1) is 13.6. The SMILES string of the molecule is C=C(c1ccccc1)N(C)[S@@](=O)c1ccc(C)cc1. The van der Waals surface area contributed by atoms with E-state index < -0.39 is 11.0 Å². The van der Waals surface area contributed by atoms with Crippen LogP contribution in [0.2, 0.25) is 0 Å². The Morgan fingerprint density at radius 1 is 1.05 bits per heavy atom. The van der Waals surface area contributed by atoms with Crippen LogP contribution in [-0.2, 0) is 11.0 Å². The summed E-state index contributed by atoms with van der Waals surface area (Å²) >= 11 is 0. The molecular weight excluding hydrogens is 254 g/mol. The van der Waals surface area contributed by atoms with E-state index in [1.165, 1.54) is 0 Å². The van der Waals surface area contributed by atoms with Crippen molar-refractivity contribution in [1.82, 2.24) is 4.31 Å². The second kappa shape index (κ2) is 5.85. The van der Waals surface area contributed by atoms with E-state index in [9.17, 15) is 4.21 Å². The van der Waals surface area contributed by atoms with E-state index in [4.69, 9.17) is 0 Å². The highest BCUT2D eigenvalue weighted by Gasteiger charge is 2.13. The Labute approximate surface area is 117 Å². The predicted molar refractivity (Wildman–Crippen MR) is 80.8 cm³/mol. The van der Waals surface area contributed by atoms with E-state index in [1.54, 1.807) is 11.4 Å². The Kier molecular flexibility index (Phi) is 4.17. The van der Waals surface area contributed by atoms with Crippen LogP contribution in [0.1, 0.15) is 11.1 Å². The summed E-state index contributed by atoms with van der Waals surface area (Å²) in [5.41, 5.74) is 2.88. The third-order valence-corrected chi connectivity index (χ3v) is 4.35. The number of nitrogens with zero attached hydrogens (tertiary/aromatic N) is 1. The van der Waals surface area contributed by atoms with Gasteiger partial charge in [-0.2, -0.15) is 0 Å². The van der Waals surface area contributed by atoms with Gasteiger partial charge in [0.15, 0.2) is 11.0 Å². The van der Waals surface area contributed by atoms with Gasteiger partial charge in [0.2, 0.25) is 0 Å². The number of aryl methyl sites for hydroxylation is 1. The van der Waals surface area contributed by atoms with E-state index in [0.717, 1.165) is 21.7 Å². The van der Waals surface area contributed by atoms with Gasteiger partial charge in [0.05, 0.1) is 4.90 Å². The lowest BCUT2D eigenvalue weighted by atomic mass is 10.2. The van der Waals surface area contributed by atoms with E-state index >= 15 is 0 Å². The zero-order chi connectivity index (χ0) is 13.8. The monoisotopic (exact) mass is 271 g/mol. The van der Waals surface area contributed by atoms with E-state index in [2.05, 4.69) is 6.58 Å². The molecule has 1 atom stereocenters. The van der Waals surface area contributed by atoms with Crippen LogP contribution in [0, 0.1) is 6.92 Å². The van der Waals surface area contributed by atoms with Crippen molar-refractivity contribution < 1.29 is 4.21 Å². The van der Waals surface area contributed by atoms with Gasteiger partial charge in [-0.05, 0) is 24.6 Å². The molecule has 0 heterocycles. The topological polar surface area (TPSA) is 20.3 Å². The van der Waals surface area contributed by atoms with Crippen molar-refractivity contribution in [2.75, 3.05) is 7.05 Å². The molecule has 0 saturated heterocycles. The van der Waals surface area contributed by atoms with Gasteiger partial charge in [0.25, 0.3) is 0 Å². The van der Waals surface area contributed by atoms with Crippen LogP contribution in [-0.4, -0.2) is 15.6 Å². The summed E-state index contributed by atoms with van der Waals surface area (Å²) in [7, 11) is 0.564. The van der Waals surface area contributed by atoms with Crippen molar-refractivity contribution in [2.24, 2.45) is 0 Å². The van der Waals surface area contributed by atoms with Gasteiger partial charge >= 0.3 is 0 Å². The third kappa shape index (κ3) is 3.12. The first-order valence-electron chi connectivity index (χ1n) is 6.06. The Morgan fingerprint density at radius 2 is 1.63 bits per heavy atom. The number of hydrogen-bond acceptors (Lipinski definition) is 1. The van der Waals surface area contributed by atoms with Gasteiger partial charge in [0, 0.05) is 12.7 Å². The first-order valence-corrected chi connectivity index (χ1v) is 7.17. The second-order valence-electron chi connectivity index (χ2n) is 4.37. The lowest BCUT2D eigenvalue weighted by molar-refractivity contribution is 0.638. The van der Waals surface area contributed by atoms with Gasteiger partial charge in [0.1, 0.15) is 0 Å². The van der Waals surface area contributed by atoms with Gasteiger partial charge in [-0.1, -0.05) is 54.6 Å². The molecule has 0 aliphatic carbocycles. The maximum Gasteiger partial charge on any atom is 0.152 e. The Bertz CT molecular complexity index is 590. The van der Waals surface area contributed by atoms with Gasteiger partial charge in [-0.15, -0.1) is 0 Å². The van der Waals surface area contributed by atoms with Crippen molar-refractivity contribution in [2.45, 2.75) is 11.8 Å². The lowest BCUT2D eigenvalue weighted by Crippen LogP contribution is -2.19. The van der Waals surface area contributed by atoms with Crippen molar-refractivity contribution in [3.63, 3.8) is 0 Å². The van der Waals surface area contributed by atoms with Crippen molar-refractivity contribution in [1.29, 1.82) is 0 Å². The normalized spacial score (nSPS) is 11.9. The minimum absolute atomic E-state index is 0.750. The molecule has 3 heteroatoms. The molecule has 0 saturated carbocycles. The van der Waals surface area contributed by atoms with Crippen molar-refractivity contribution >= 4 is 16.7 Å². The minimum atomic E-state index is -1.23.